The smallest absolute Gasteiger partial charge is 0.407 e. The molecule has 0 saturated heterocycles. The van der Waals surface area contributed by atoms with E-state index in [-0.39, 0.29) is 43.1 Å². The number of amides is 2. The fourth-order valence-corrected chi connectivity index (χ4v) is 4.94. The van der Waals surface area contributed by atoms with Crippen LogP contribution in [-0.2, 0) is 16.1 Å². The van der Waals surface area contributed by atoms with Crippen molar-refractivity contribution in [2.45, 2.75) is 44.7 Å². The third-order valence-electron chi connectivity index (χ3n) is 6.05. The van der Waals surface area contributed by atoms with Crippen LogP contribution >= 0.6 is 11.3 Å². The summed E-state index contributed by atoms with van der Waals surface area (Å²) in [5.41, 5.74) is 4.86. The second kappa shape index (κ2) is 11.1. The molecular formula is C26H27N3O5S. The number of carboxylic acids is 1. The monoisotopic (exact) mass is 493 g/mol. The molecule has 8 nitrogen and oxygen atoms in total. The molecule has 0 aliphatic heterocycles. The number of aliphatic carboxylic acids is 1. The fourth-order valence-electron chi connectivity index (χ4n) is 4.23. The van der Waals surface area contributed by atoms with Crippen molar-refractivity contribution in [1.82, 2.24) is 15.6 Å². The van der Waals surface area contributed by atoms with E-state index in [2.05, 4.69) is 39.9 Å². The minimum atomic E-state index is -0.895. The molecule has 2 aromatic carbocycles. The number of rotatable bonds is 10. The number of nitrogens with one attached hydrogen (secondary N) is 2. The maximum Gasteiger partial charge on any atom is 0.407 e. The summed E-state index contributed by atoms with van der Waals surface area (Å²) in [5.74, 6) is -1.27. The molecule has 1 unspecified atom stereocenters. The van der Waals surface area contributed by atoms with Crippen LogP contribution < -0.4 is 10.6 Å². The molecule has 35 heavy (non-hydrogen) atoms. The van der Waals surface area contributed by atoms with E-state index >= 15 is 0 Å². The van der Waals surface area contributed by atoms with Gasteiger partial charge in [-0.3, -0.25) is 9.59 Å². The summed E-state index contributed by atoms with van der Waals surface area (Å²) in [4.78, 5) is 39.8. The Kier molecular flexibility index (Phi) is 7.77. The van der Waals surface area contributed by atoms with Crippen LogP contribution in [0.15, 0.2) is 53.9 Å². The van der Waals surface area contributed by atoms with Crippen molar-refractivity contribution in [3.8, 4) is 11.1 Å². The molecule has 1 atom stereocenters. The maximum absolute atomic E-state index is 12.4. The molecule has 1 aromatic heterocycles. The van der Waals surface area contributed by atoms with Gasteiger partial charge in [-0.15, -0.1) is 11.3 Å². The first-order chi connectivity index (χ1) is 17.0. The third kappa shape index (κ3) is 5.86. The summed E-state index contributed by atoms with van der Waals surface area (Å²) in [6, 6.07) is 16.0. The van der Waals surface area contributed by atoms with Crippen LogP contribution in [0.3, 0.4) is 0 Å². The zero-order chi connectivity index (χ0) is 24.8. The van der Waals surface area contributed by atoms with E-state index in [4.69, 9.17) is 9.84 Å². The Morgan fingerprint density at radius 3 is 2.37 bits per heavy atom. The van der Waals surface area contributed by atoms with Crippen LogP contribution in [0.4, 0.5) is 4.79 Å². The summed E-state index contributed by atoms with van der Waals surface area (Å²) < 4.78 is 5.53. The highest BCUT2D eigenvalue weighted by molar-refractivity contribution is 7.09. The average molecular weight is 494 g/mol. The quantitative estimate of drug-likeness (QED) is 0.381. The molecule has 0 bridgehead atoms. The standard InChI is InChI=1S/C26H27N3O5S/c1-2-16(11-12-24(30)31)28-25(32)22-15-35-23(29-22)13-27-26(33)34-14-21-19-9-5-3-7-17(19)18-8-4-6-10-20(18)21/h3-10,15-16,21H,2,11-14H2,1H3,(H,27,33)(H,28,32)(H,30,31). The highest BCUT2D eigenvalue weighted by Crippen LogP contribution is 2.44. The number of carboxylic acid groups (broad SMARTS) is 1. The zero-order valence-electron chi connectivity index (χ0n) is 19.3. The lowest BCUT2D eigenvalue weighted by Gasteiger charge is -2.15. The van der Waals surface area contributed by atoms with E-state index in [1.54, 1.807) is 5.38 Å². The molecule has 1 heterocycles. The molecule has 3 aromatic rings. The van der Waals surface area contributed by atoms with Gasteiger partial charge in [-0.25, -0.2) is 9.78 Å². The summed E-state index contributed by atoms with van der Waals surface area (Å²) in [5, 5.41) is 16.5. The van der Waals surface area contributed by atoms with Gasteiger partial charge in [-0.1, -0.05) is 55.5 Å². The number of thiazole rings is 1. The number of aromatic nitrogens is 1. The summed E-state index contributed by atoms with van der Waals surface area (Å²) in [7, 11) is 0. The first-order valence-corrected chi connectivity index (χ1v) is 12.4. The second-order valence-electron chi connectivity index (χ2n) is 8.32. The molecule has 0 radical (unpaired) electrons. The van der Waals surface area contributed by atoms with Gasteiger partial charge in [0.15, 0.2) is 0 Å². The van der Waals surface area contributed by atoms with Crippen LogP contribution in [-0.4, -0.2) is 40.7 Å². The van der Waals surface area contributed by atoms with Crippen molar-refractivity contribution in [2.75, 3.05) is 6.61 Å². The Morgan fingerprint density at radius 1 is 1.09 bits per heavy atom. The second-order valence-corrected chi connectivity index (χ2v) is 9.26. The molecule has 1 aliphatic rings. The molecule has 3 N–H and O–H groups in total. The molecule has 1 aliphatic carbocycles. The summed E-state index contributed by atoms with van der Waals surface area (Å²) in [6.45, 7) is 2.25. The van der Waals surface area contributed by atoms with E-state index < -0.39 is 12.1 Å². The lowest BCUT2D eigenvalue weighted by Crippen LogP contribution is -2.35. The van der Waals surface area contributed by atoms with E-state index in [1.807, 2.05) is 31.2 Å². The van der Waals surface area contributed by atoms with Crippen molar-refractivity contribution >= 4 is 29.3 Å². The van der Waals surface area contributed by atoms with Gasteiger partial charge < -0.3 is 20.5 Å². The number of carbonyl (C=O) groups is 3. The zero-order valence-corrected chi connectivity index (χ0v) is 20.1. The van der Waals surface area contributed by atoms with Gasteiger partial charge in [0.05, 0.1) is 6.54 Å². The van der Waals surface area contributed by atoms with Gasteiger partial charge in [-0.05, 0) is 35.1 Å². The molecule has 9 heteroatoms. The Hall–Kier alpha value is -3.72. The van der Waals surface area contributed by atoms with Gasteiger partial charge in [0.2, 0.25) is 0 Å². The third-order valence-corrected chi connectivity index (χ3v) is 6.90. The van der Waals surface area contributed by atoms with Crippen molar-refractivity contribution < 1.29 is 24.2 Å². The van der Waals surface area contributed by atoms with Gasteiger partial charge in [0, 0.05) is 23.8 Å². The predicted octanol–water partition coefficient (Wildman–Crippen LogP) is 4.56. The van der Waals surface area contributed by atoms with Crippen LogP contribution in [0.1, 0.15) is 58.7 Å². The van der Waals surface area contributed by atoms with E-state index in [0.29, 0.717) is 17.8 Å². The number of hydrogen-bond acceptors (Lipinski definition) is 6. The number of fused-ring (bicyclic) bond motifs is 3. The molecule has 0 saturated carbocycles. The molecule has 0 fully saturated rings. The van der Waals surface area contributed by atoms with Crippen LogP contribution in [0.5, 0.6) is 0 Å². The fraction of sp³-hybridized carbons (Fsp3) is 0.308. The molecule has 0 spiro atoms. The topological polar surface area (TPSA) is 118 Å². The summed E-state index contributed by atoms with van der Waals surface area (Å²) >= 11 is 1.26. The van der Waals surface area contributed by atoms with Crippen molar-refractivity contribution in [3.63, 3.8) is 0 Å². The van der Waals surface area contributed by atoms with Crippen LogP contribution in [0, 0.1) is 0 Å². The van der Waals surface area contributed by atoms with Crippen molar-refractivity contribution in [1.29, 1.82) is 0 Å². The number of hydrogen-bond donors (Lipinski definition) is 3. The number of alkyl carbamates (subject to hydrolysis) is 1. The highest BCUT2D eigenvalue weighted by atomic mass is 32.1. The highest BCUT2D eigenvalue weighted by Gasteiger charge is 2.29. The number of ether oxygens (including phenoxy) is 1. The number of nitrogens with zero attached hydrogens (tertiary/aromatic N) is 1. The summed E-state index contributed by atoms with van der Waals surface area (Å²) in [6.07, 6.45) is 0.426. The Balaban J connectivity index is 1.28. The van der Waals surface area contributed by atoms with Crippen molar-refractivity contribution in [3.05, 3.63) is 75.7 Å². The Morgan fingerprint density at radius 2 is 1.74 bits per heavy atom. The van der Waals surface area contributed by atoms with Gasteiger partial charge in [0.25, 0.3) is 5.91 Å². The molecular weight excluding hydrogens is 466 g/mol. The SMILES string of the molecule is CCC(CCC(=O)O)NC(=O)c1csc(CNC(=O)OCC2c3ccccc3-c3ccccc32)n1. The predicted molar refractivity (Wildman–Crippen MR) is 132 cm³/mol. The number of carbonyl (C=O) groups excluding carboxylic acids is 2. The van der Waals surface area contributed by atoms with Gasteiger partial charge >= 0.3 is 12.1 Å². The Bertz CT molecular complexity index is 1180. The largest absolute Gasteiger partial charge is 0.481 e. The van der Waals surface area contributed by atoms with E-state index in [1.165, 1.54) is 22.5 Å². The minimum absolute atomic E-state index is 0.00877. The average Bonchev–Trinajstić information content (AvgIpc) is 3.47. The van der Waals surface area contributed by atoms with E-state index in [9.17, 15) is 14.4 Å². The number of benzene rings is 2. The molecule has 4 rings (SSSR count). The van der Waals surface area contributed by atoms with E-state index in [0.717, 1.165) is 11.1 Å². The first kappa shape index (κ1) is 24.4. The lowest BCUT2D eigenvalue weighted by molar-refractivity contribution is -0.137. The lowest BCUT2D eigenvalue weighted by atomic mass is 9.98. The van der Waals surface area contributed by atoms with Gasteiger partial charge in [-0.2, -0.15) is 0 Å². The maximum atomic E-state index is 12.4. The Labute approximate surface area is 207 Å². The van der Waals surface area contributed by atoms with Gasteiger partial charge in [0.1, 0.15) is 17.3 Å². The molecule has 2 amide bonds. The first-order valence-electron chi connectivity index (χ1n) is 11.5. The van der Waals surface area contributed by atoms with Crippen LogP contribution in [0.25, 0.3) is 11.1 Å². The van der Waals surface area contributed by atoms with Crippen molar-refractivity contribution in [2.24, 2.45) is 0 Å². The minimum Gasteiger partial charge on any atom is -0.481 e. The molecule has 182 valence electrons. The normalized spacial score (nSPS) is 12.9. The van der Waals surface area contributed by atoms with Crippen LogP contribution in [0.2, 0.25) is 0 Å².